The first kappa shape index (κ1) is 14.5. The van der Waals surface area contributed by atoms with Gasteiger partial charge in [-0.3, -0.25) is 0 Å². The van der Waals surface area contributed by atoms with Gasteiger partial charge in [0.25, 0.3) is 0 Å². The Labute approximate surface area is 125 Å². The first-order chi connectivity index (χ1) is 9.79. The fraction of sp³-hybridized carbons (Fsp3) is 0.812. The molecule has 1 saturated carbocycles. The van der Waals surface area contributed by atoms with Gasteiger partial charge in [-0.05, 0) is 44.9 Å². The number of fused-ring (bicyclic) bond motifs is 1. The number of aryl methyl sites for hydroxylation is 1. The summed E-state index contributed by atoms with van der Waals surface area (Å²) in [6, 6.07) is 0.150. The van der Waals surface area contributed by atoms with Gasteiger partial charge in [0.05, 0.1) is 5.69 Å². The Hall–Kier alpha value is -0.450. The third-order valence-electron chi connectivity index (χ3n) is 4.68. The molecule has 0 bridgehead atoms. The molecule has 3 nitrogen and oxygen atoms in total. The highest BCUT2D eigenvalue weighted by Crippen LogP contribution is 2.41. The molecule has 2 aliphatic rings. The minimum absolute atomic E-state index is 0.150. The molecule has 0 aromatic carbocycles. The zero-order valence-electron chi connectivity index (χ0n) is 12.4. The Morgan fingerprint density at radius 3 is 2.75 bits per heavy atom. The lowest BCUT2D eigenvalue weighted by Crippen LogP contribution is -2.20. The summed E-state index contributed by atoms with van der Waals surface area (Å²) >= 11 is 1.86. The second kappa shape index (κ2) is 6.54. The first-order valence-electron chi connectivity index (χ1n) is 8.16. The number of thiazole rings is 1. The Kier molecular flexibility index (Phi) is 4.74. The maximum Gasteiger partial charge on any atom is 0.122 e. The normalized spacial score (nSPS) is 25.4. The van der Waals surface area contributed by atoms with Gasteiger partial charge in [-0.25, -0.2) is 4.98 Å². The van der Waals surface area contributed by atoms with Crippen LogP contribution in [0.15, 0.2) is 0 Å². The Balaban J connectivity index is 1.83. The number of rotatable bonds is 4. The molecule has 1 fully saturated rings. The van der Waals surface area contributed by atoms with E-state index in [1.54, 1.807) is 0 Å². The summed E-state index contributed by atoms with van der Waals surface area (Å²) in [6.07, 6.45) is 10.3. The summed E-state index contributed by atoms with van der Waals surface area (Å²) in [5.74, 6) is 0.660. The van der Waals surface area contributed by atoms with E-state index in [1.165, 1.54) is 48.4 Å². The molecule has 3 rings (SSSR count). The highest BCUT2D eigenvalue weighted by Gasteiger charge is 2.30. The quantitative estimate of drug-likeness (QED) is 0.908. The summed E-state index contributed by atoms with van der Waals surface area (Å²) in [4.78, 5) is 6.31. The van der Waals surface area contributed by atoms with E-state index in [4.69, 9.17) is 15.5 Å². The van der Waals surface area contributed by atoms with Crippen molar-refractivity contribution in [2.75, 3.05) is 6.61 Å². The van der Waals surface area contributed by atoms with Crippen LogP contribution in [-0.4, -0.2) is 11.6 Å². The lowest BCUT2D eigenvalue weighted by atomic mass is 9.85. The molecular weight excluding hydrogens is 268 g/mol. The molecule has 1 heterocycles. The molecule has 0 amide bonds. The zero-order valence-corrected chi connectivity index (χ0v) is 13.3. The molecule has 0 spiro atoms. The van der Waals surface area contributed by atoms with E-state index in [0.717, 1.165) is 25.1 Å². The van der Waals surface area contributed by atoms with Gasteiger partial charge in [-0.2, -0.15) is 0 Å². The van der Waals surface area contributed by atoms with Crippen molar-refractivity contribution < 1.29 is 4.74 Å². The second-order valence-corrected chi connectivity index (χ2v) is 7.25. The summed E-state index contributed by atoms with van der Waals surface area (Å²) in [5, 5.41) is 1.20. The Morgan fingerprint density at radius 1 is 1.25 bits per heavy atom. The molecule has 1 aromatic rings. The van der Waals surface area contributed by atoms with E-state index in [2.05, 4.69) is 6.92 Å². The predicted octanol–water partition coefficient (Wildman–Crippen LogP) is 4.14. The molecular formula is C16H26N2OS. The predicted molar refractivity (Wildman–Crippen MR) is 82.9 cm³/mol. The van der Waals surface area contributed by atoms with Crippen molar-refractivity contribution >= 4 is 11.3 Å². The van der Waals surface area contributed by atoms with Crippen molar-refractivity contribution in [3.63, 3.8) is 0 Å². The minimum Gasteiger partial charge on any atom is -0.371 e. The molecule has 0 aliphatic heterocycles. The van der Waals surface area contributed by atoms with Gasteiger partial charge in [-0.15, -0.1) is 11.3 Å². The smallest absolute Gasteiger partial charge is 0.122 e. The van der Waals surface area contributed by atoms with Gasteiger partial charge in [0, 0.05) is 17.5 Å². The largest absolute Gasteiger partial charge is 0.371 e. The van der Waals surface area contributed by atoms with E-state index in [9.17, 15) is 0 Å². The minimum atomic E-state index is 0.150. The van der Waals surface area contributed by atoms with Crippen molar-refractivity contribution in [1.29, 1.82) is 0 Å². The topological polar surface area (TPSA) is 48.1 Å². The Morgan fingerprint density at radius 2 is 2.05 bits per heavy atom. The van der Waals surface area contributed by atoms with E-state index >= 15 is 0 Å². The summed E-state index contributed by atoms with van der Waals surface area (Å²) in [7, 11) is 0. The molecule has 0 radical (unpaired) electrons. The fourth-order valence-electron chi connectivity index (χ4n) is 3.62. The average Bonchev–Trinajstić information content (AvgIpc) is 2.91. The van der Waals surface area contributed by atoms with Crippen LogP contribution in [0.5, 0.6) is 0 Å². The third-order valence-corrected chi connectivity index (χ3v) is 5.87. The van der Waals surface area contributed by atoms with Crippen LogP contribution in [0.3, 0.4) is 0 Å². The molecule has 2 N–H and O–H groups in total. The van der Waals surface area contributed by atoms with Gasteiger partial charge in [0.2, 0.25) is 0 Å². The van der Waals surface area contributed by atoms with Gasteiger partial charge >= 0.3 is 0 Å². The molecule has 4 heteroatoms. The van der Waals surface area contributed by atoms with Gasteiger partial charge in [0.15, 0.2) is 0 Å². The molecule has 0 saturated heterocycles. The number of ether oxygens (including phenoxy) is 1. The van der Waals surface area contributed by atoms with Crippen LogP contribution >= 0.6 is 11.3 Å². The standard InChI is InChI=1S/C16H26N2OS/c1-2-19-15(11-7-4-3-5-8-11)16-18-14-12(17)9-6-10-13(14)20-16/h11-12,15H,2-10,17H2,1H3. The van der Waals surface area contributed by atoms with Crippen molar-refractivity contribution in [2.24, 2.45) is 11.7 Å². The van der Waals surface area contributed by atoms with Crippen molar-refractivity contribution in [3.05, 3.63) is 15.6 Å². The van der Waals surface area contributed by atoms with Crippen LogP contribution in [0, 0.1) is 5.92 Å². The van der Waals surface area contributed by atoms with Crippen LogP contribution < -0.4 is 5.73 Å². The monoisotopic (exact) mass is 294 g/mol. The van der Waals surface area contributed by atoms with Crippen LogP contribution in [0.25, 0.3) is 0 Å². The summed E-state index contributed by atoms with van der Waals surface area (Å²) < 4.78 is 6.09. The molecule has 1 aromatic heterocycles. The van der Waals surface area contributed by atoms with Crippen LogP contribution in [0.1, 0.15) is 79.6 Å². The van der Waals surface area contributed by atoms with E-state index in [1.807, 2.05) is 11.3 Å². The van der Waals surface area contributed by atoms with Crippen molar-refractivity contribution in [3.8, 4) is 0 Å². The SMILES string of the molecule is CCOC(c1nc2c(s1)CCCC2N)C1CCCCC1. The molecule has 112 valence electrons. The van der Waals surface area contributed by atoms with Crippen LogP contribution in [-0.2, 0) is 11.2 Å². The lowest BCUT2D eigenvalue weighted by Gasteiger charge is -2.28. The lowest BCUT2D eigenvalue weighted by molar-refractivity contribution is 0.00540. The number of hydrogen-bond donors (Lipinski definition) is 1. The van der Waals surface area contributed by atoms with Gasteiger partial charge < -0.3 is 10.5 Å². The molecule has 20 heavy (non-hydrogen) atoms. The number of nitrogens with zero attached hydrogens (tertiary/aromatic N) is 1. The zero-order chi connectivity index (χ0) is 13.9. The number of nitrogens with two attached hydrogens (primary N) is 1. The number of aromatic nitrogens is 1. The Bertz CT molecular complexity index is 440. The molecule has 2 unspecified atom stereocenters. The maximum absolute atomic E-state index is 6.22. The van der Waals surface area contributed by atoms with Gasteiger partial charge in [0.1, 0.15) is 11.1 Å². The molecule has 2 atom stereocenters. The fourth-order valence-corrected chi connectivity index (χ4v) is 4.94. The van der Waals surface area contributed by atoms with Crippen molar-refractivity contribution in [2.45, 2.75) is 70.4 Å². The summed E-state index contributed by atoms with van der Waals surface area (Å²) in [6.45, 7) is 2.87. The highest BCUT2D eigenvalue weighted by atomic mass is 32.1. The maximum atomic E-state index is 6.22. The van der Waals surface area contributed by atoms with Crippen LogP contribution in [0.2, 0.25) is 0 Å². The summed E-state index contributed by atoms with van der Waals surface area (Å²) in [5.41, 5.74) is 7.38. The van der Waals surface area contributed by atoms with Crippen molar-refractivity contribution in [1.82, 2.24) is 4.98 Å². The van der Waals surface area contributed by atoms with E-state index in [0.29, 0.717) is 5.92 Å². The van der Waals surface area contributed by atoms with E-state index in [-0.39, 0.29) is 12.1 Å². The third kappa shape index (κ3) is 2.92. The first-order valence-corrected chi connectivity index (χ1v) is 8.98. The molecule has 2 aliphatic carbocycles. The number of hydrogen-bond acceptors (Lipinski definition) is 4. The second-order valence-electron chi connectivity index (χ2n) is 6.13. The van der Waals surface area contributed by atoms with Crippen LogP contribution in [0.4, 0.5) is 0 Å². The van der Waals surface area contributed by atoms with E-state index < -0.39 is 0 Å². The average molecular weight is 294 g/mol. The highest BCUT2D eigenvalue weighted by molar-refractivity contribution is 7.11. The van der Waals surface area contributed by atoms with Gasteiger partial charge in [-0.1, -0.05) is 19.3 Å².